The van der Waals surface area contributed by atoms with Crippen LogP contribution in [0.3, 0.4) is 0 Å². The largest absolute Gasteiger partial charge is 0.453 e. The number of rotatable bonds is 6. The van der Waals surface area contributed by atoms with Crippen LogP contribution in [-0.4, -0.2) is 47.1 Å². The van der Waals surface area contributed by atoms with Gasteiger partial charge in [0.15, 0.2) is 0 Å². The predicted octanol–water partition coefficient (Wildman–Crippen LogP) is 4.11. The lowest BCUT2D eigenvalue weighted by Gasteiger charge is -2.12. The molecule has 0 saturated carbocycles. The molecule has 0 unspecified atom stereocenters. The summed E-state index contributed by atoms with van der Waals surface area (Å²) in [6.07, 6.45) is 1.05. The second-order valence-electron chi connectivity index (χ2n) is 8.62. The number of anilines is 2. The molecule has 3 aromatic rings. The number of carbonyl (C=O) groups excluding carboxylic acids is 4. The summed E-state index contributed by atoms with van der Waals surface area (Å²) in [7, 11) is 1.29. The minimum absolute atomic E-state index is 0.0889. The molecule has 0 radical (unpaired) electrons. The molecule has 0 aliphatic carbocycles. The zero-order valence-corrected chi connectivity index (χ0v) is 20.9. The number of carbonyl (C=O) groups is 4. The zero-order chi connectivity index (χ0) is 26.7. The number of aryl methyl sites for hydroxylation is 2. The molecule has 37 heavy (non-hydrogen) atoms. The maximum absolute atomic E-state index is 12.9. The monoisotopic (exact) mass is 501 g/mol. The average Bonchev–Trinajstić information content (AvgIpc) is 3.29. The van der Waals surface area contributed by atoms with Crippen molar-refractivity contribution >= 4 is 41.4 Å². The minimum atomic E-state index is -0.655. The van der Waals surface area contributed by atoms with Crippen LogP contribution in [0.5, 0.6) is 0 Å². The first-order valence-corrected chi connectivity index (χ1v) is 11.5. The Kier molecular flexibility index (Phi) is 7.10. The van der Waals surface area contributed by atoms with E-state index in [2.05, 4.69) is 20.7 Å². The lowest BCUT2D eigenvalue weighted by molar-refractivity contribution is -0.127. The minimum Gasteiger partial charge on any atom is -0.453 e. The van der Waals surface area contributed by atoms with Gasteiger partial charge in [-0.2, -0.15) is 0 Å². The molecule has 10 heteroatoms. The van der Waals surface area contributed by atoms with Crippen molar-refractivity contribution in [3.63, 3.8) is 0 Å². The van der Waals surface area contributed by atoms with Crippen LogP contribution < -0.4 is 16.0 Å². The van der Waals surface area contributed by atoms with E-state index in [1.807, 2.05) is 55.7 Å². The molecular formula is C27H27N5O5. The van der Waals surface area contributed by atoms with Gasteiger partial charge in [0, 0.05) is 28.5 Å². The van der Waals surface area contributed by atoms with Crippen LogP contribution >= 0.6 is 0 Å². The molecule has 1 saturated heterocycles. The maximum atomic E-state index is 12.9. The Morgan fingerprint density at radius 1 is 0.946 bits per heavy atom. The van der Waals surface area contributed by atoms with Crippen LogP contribution in [0.4, 0.5) is 21.0 Å². The van der Waals surface area contributed by atoms with E-state index in [9.17, 15) is 19.2 Å². The van der Waals surface area contributed by atoms with E-state index in [-0.39, 0.29) is 5.70 Å². The van der Waals surface area contributed by atoms with Gasteiger partial charge < -0.3 is 19.9 Å². The Morgan fingerprint density at radius 2 is 1.57 bits per heavy atom. The van der Waals surface area contributed by atoms with Gasteiger partial charge >= 0.3 is 12.1 Å². The molecule has 3 N–H and O–H groups in total. The van der Waals surface area contributed by atoms with Gasteiger partial charge in [-0.3, -0.25) is 14.9 Å². The quantitative estimate of drug-likeness (QED) is 0.347. The highest BCUT2D eigenvalue weighted by Crippen LogP contribution is 2.25. The van der Waals surface area contributed by atoms with Crippen LogP contribution in [0.15, 0.2) is 60.3 Å². The number of hydrogen-bond donors (Lipinski definition) is 3. The number of ether oxygens (including phenoxy) is 1. The number of methoxy groups -OCH3 is 1. The summed E-state index contributed by atoms with van der Waals surface area (Å²) in [6.45, 7) is 5.35. The van der Waals surface area contributed by atoms with Gasteiger partial charge in [0.2, 0.25) is 5.91 Å². The highest BCUT2D eigenvalue weighted by atomic mass is 16.5. The highest BCUT2D eigenvalue weighted by Gasteiger charge is 2.35. The molecule has 2 heterocycles. The molecule has 1 aliphatic rings. The fraction of sp³-hybridized carbons (Fsp3) is 0.185. The Bertz CT molecular complexity index is 1400. The highest BCUT2D eigenvalue weighted by molar-refractivity contribution is 6.16. The van der Waals surface area contributed by atoms with Gasteiger partial charge in [0.25, 0.3) is 5.91 Å². The van der Waals surface area contributed by atoms with Crippen molar-refractivity contribution < 1.29 is 23.9 Å². The van der Waals surface area contributed by atoms with Crippen molar-refractivity contribution in [2.24, 2.45) is 0 Å². The first kappa shape index (κ1) is 25.2. The topological polar surface area (TPSA) is 122 Å². The van der Waals surface area contributed by atoms with Crippen molar-refractivity contribution in [2.45, 2.75) is 20.8 Å². The molecule has 4 rings (SSSR count). The van der Waals surface area contributed by atoms with E-state index >= 15 is 0 Å². The van der Waals surface area contributed by atoms with E-state index in [0.29, 0.717) is 11.4 Å². The first-order chi connectivity index (χ1) is 17.7. The molecule has 1 aromatic heterocycles. The molecule has 1 aliphatic heterocycles. The second kappa shape index (κ2) is 10.4. The maximum Gasteiger partial charge on any atom is 0.411 e. The summed E-state index contributed by atoms with van der Waals surface area (Å²) in [5, 5.41) is 7.86. The Morgan fingerprint density at radius 3 is 2.22 bits per heavy atom. The second-order valence-corrected chi connectivity index (χ2v) is 8.62. The smallest absolute Gasteiger partial charge is 0.411 e. The van der Waals surface area contributed by atoms with Crippen LogP contribution in [0, 0.1) is 20.8 Å². The van der Waals surface area contributed by atoms with Crippen LogP contribution in [0.2, 0.25) is 0 Å². The van der Waals surface area contributed by atoms with Crippen molar-refractivity contribution in [1.29, 1.82) is 0 Å². The van der Waals surface area contributed by atoms with Crippen LogP contribution in [0.25, 0.3) is 11.8 Å². The van der Waals surface area contributed by atoms with Gasteiger partial charge in [-0.1, -0.05) is 17.7 Å². The summed E-state index contributed by atoms with van der Waals surface area (Å²) in [5.41, 5.74) is 5.65. The molecule has 10 nitrogen and oxygen atoms in total. The number of hydrogen-bond acceptors (Lipinski definition) is 5. The number of aromatic nitrogens is 1. The Balaban J connectivity index is 1.49. The van der Waals surface area contributed by atoms with Crippen LogP contribution in [0.1, 0.15) is 22.5 Å². The van der Waals surface area contributed by atoms with E-state index in [1.165, 1.54) is 7.11 Å². The van der Waals surface area contributed by atoms with Crippen molar-refractivity contribution in [3.05, 3.63) is 82.8 Å². The third-order valence-corrected chi connectivity index (χ3v) is 5.93. The van der Waals surface area contributed by atoms with Gasteiger partial charge in [0.1, 0.15) is 12.2 Å². The standard InChI is InChI=1S/C27H27N5O5/c1-16-5-7-20(8-6-16)28-24(33)15-31-25(34)23(30-26(31)35)14-19-13-17(2)32(18(19)3)22-11-9-21(10-12-22)29-27(36)37-4/h5-14H,15H2,1-4H3,(H,28,33)(H,29,36)(H,30,35)/b23-14+. The molecule has 0 bridgehead atoms. The third kappa shape index (κ3) is 5.53. The van der Waals surface area contributed by atoms with E-state index in [4.69, 9.17) is 0 Å². The number of nitrogens with one attached hydrogen (secondary N) is 3. The van der Waals surface area contributed by atoms with E-state index < -0.39 is 30.5 Å². The molecule has 1 fully saturated rings. The third-order valence-electron chi connectivity index (χ3n) is 5.93. The Labute approximate surface area is 213 Å². The predicted molar refractivity (Wildman–Crippen MR) is 139 cm³/mol. The summed E-state index contributed by atoms with van der Waals surface area (Å²) >= 11 is 0. The lowest BCUT2D eigenvalue weighted by Crippen LogP contribution is -2.38. The van der Waals surface area contributed by atoms with Gasteiger partial charge in [0.05, 0.1) is 7.11 Å². The van der Waals surface area contributed by atoms with Crippen molar-refractivity contribution in [1.82, 2.24) is 14.8 Å². The average molecular weight is 502 g/mol. The number of benzene rings is 2. The van der Waals surface area contributed by atoms with E-state index in [0.717, 1.165) is 33.1 Å². The Hall–Kier alpha value is -4.86. The first-order valence-electron chi connectivity index (χ1n) is 11.5. The van der Waals surface area contributed by atoms with Gasteiger partial charge in [-0.05, 0) is 74.9 Å². The SMILES string of the molecule is COC(=O)Nc1ccc(-n2c(C)cc(/C=C3/NC(=O)N(CC(=O)Nc4ccc(C)cc4)C3=O)c2C)cc1. The number of amides is 5. The van der Waals surface area contributed by atoms with Gasteiger partial charge in [-0.25, -0.2) is 14.5 Å². The van der Waals surface area contributed by atoms with E-state index in [1.54, 1.807) is 30.3 Å². The fourth-order valence-electron chi connectivity index (χ4n) is 4.05. The van der Waals surface area contributed by atoms with Crippen molar-refractivity contribution in [2.75, 3.05) is 24.3 Å². The molecular weight excluding hydrogens is 474 g/mol. The number of imide groups is 1. The fourth-order valence-corrected chi connectivity index (χ4v) is 4.05. The lowest BCUT2D eigenvalue weighted by atomic mass is 10.2. The molecule has 2 aromatic carbocycles. The van der Waals surface area contributed by atoms with Crippen LogP contribution in [-0.2, 0) is 14.3 Å². The zero-order valence-electron chi connectivity index (χ0n) is 20.9. The summed E-state index contributed by atoms with van der Waals surface area (Å²) < 4.78 is 6.59. The summed E-state index contributed by atoms with van der Waals surface area (Å²) in [4.78, 5) is 50.1. The van der Waals surface area contributed by atoms with Crippen molar-refractivity contribution in [3.8, 4) is 5.69 Å². The number of nitrogens with zero attached hydrogens (tertiary/aromatic N) is 2. The molecule has 5 amide bonds. The number of urea groups is 1. The molecule has 190 valence electrons. The molecule has 0 atom stereocenters. The van der Waals surface area contributed by atoms with Gasteiger partial charge in [-0.15, -0.1) is 0 Å². The summed E-state index contributed by atoms with van der Waals surface area (Å²) in [5.74, 6) is -1.05. The normalized spacial score (nSPS) is 14.1. The molecule has 0 spiro atoms. The summed E-state index contributed by atoms with van der Waals surface area (Å²) in [6, 6.07) is 15.7.